The third kappa shape index (κ3) is 2.09. The van der Waals surface area contributed by atoms with Crippen LogP contribution in [0, 0.1) is 0 Å². The molecule has 0 radical (unpaired) electrons. The van der Waals surface area contributed by atoms with Crippen LogP contribution < -0.4 is 0 Å². The number of fused-ring (bicyclic) bond motifs is 1. The summed E-state index contributed by atoms with van der Waals surface area (Å²) < 4.78 is 4.94. The Balaban J connectivity index is 2.39. The van der Waals surface area contributed by atoms with E-state index in [9.17, 15) is 14.4 Å². The summed E-state index contributed by atoms with van der Waals surface area (Å²) in [7, 11) is 0. The Hall–Kier alpha value is -2.23. The molecule has 4 heteroatoms. The normalized spacial score (nSPS) is 15.8. The maximum Gasteiger partial charge on any atom is 0.303 e. The first-order valence-electron chi connectivity index (χ1n) is 5.57. The van der Waals surface area contributed by atoms with Gasteiger partial charge >= 0.3 is 5.97 Å². The average molecular weight is 244 g/mol. The van der Waals surface area contributed by atoms with E-state index < -0.39 is 12.1 Å². The van der Waals surface area contributed by atoms with E-state index in [0.29, 0.717) is 11.1 Å². The minimum absolute atomic E-state index is 0.217. The summed E-state index contributed by atoms with van der Waals surface area (Å²) >= 11 is 0. The molecule has 1 aliphatic carbocycles. The zero-order chi connectivity index (χ0) is 13.3. The van der Waals surface area contributed by atoms with E-state index in [2.05, 4.69) is 0 Å². The van der Waals surface area contributed by atoms with Crippen molar-refractivity contribution in [1.29, 1.82) is 0 Å². The number of benzene rings is 1. The summed E-state index contributed by atoms with van der Waals surface area (Å²) in [5, 5.41) is 0. The minimum atomic E-state index is -0.715. The van der Waals surface area contributed by atoms with Gasteiger partial charge in [0.2, 0.25) is 0 Å². The molecule has 18 heavy (non-hydrogen) atoms. The van der Waals surface area contributed by atoms with Crippen LogP contribution in [0.25, 0.3) is 0 Å². The molecule has 1 aromatic rings. The summed E-state index contributed by atoms with van der Waals surface area (Å²) in [6.07, 6.45) is 0.533. The number of carbonyl (C=O) groups excluding carboxylic acids is 3. The SMILES string of the molecule is CC(=O)OC(C)C1=CC(=O)c2ccccc2C1=O. The highest BCUT2D eigenvalue weighted by Crippen LogP contribution is 2.24. The van der Waals surface area contributed by atoms with E-state index in [1.54, 1.807) is 31.2 Å². The van der Waals surface area contributed by atoms with E-state index in [4.69, 9.17) is 4.74 Å². The molecule has 0 bridgehead atoms. The lowest BCUT2D eigenvalue weighted by molar-refractivity contribution is -0.143. The van der Waals surface area contributed by atoms with Gasteiger partial charge in [0.25, 0.3) is 0 Å². The summed E-state index contributed by atoms with van der Waals surface area (Å²) in [5.41, 5.74) is 0.967. The lowest BCUT2D eigenvalue weighted by atomic mass is 9.87. The van der Waals surface area contributed by atoms with Crippen LogP contribution in [0.1, 0.15) is 34.6 Å². The van der Waals surface area contributed by atoms with Gasteiger partial charge in [0.1, 0.15) is 6.10 Å². The topological polar surface area (TPSA) is 60.4 Å². The molecule has 4 nitrogen and oxygen atoms in total. The zero-order valence-corrected chi connectivity index (χ0v) is 10.1. The summed E-state index contributed by atoms with van der Waals surface area (Å²) in [5.74, 6) is -0.986. The molecule has 0 saturated heterocycles. The molecule has 2 rings (SSSR count). The molecule has 0 fully saturated rings. The van der Waals surface area contributed by atoms with E-state index >= 15 is 0 Å². The summed E-state index contributed by atoms with van der Waals surface area (Å²) in [4.78, 5) is 34.9. The molecule has 1 unspecified atom stereocenters. The number of ether oxygens (including phenoxy) is 1. The van der Waals surface area contributed by atoms with Gasteiger partial charge < -0.3 is 4.74 Å². The van der Waals surface area contributed by atoms with Crippen molar-refractivity contribution in [3.05, 3.63) is 47.0 Å². The largest absolute Gasteiger partial charge is 0.458 e. The van der Waals surface area contributed by atoms with Gasteiger partial charge in [-0.05, 0) is 13.0 Å². The monoisotopic (exact) mass is 244 g/mol. The molecule has 1 aromatic carbocycles. The fraction of sp³-hybridized carbons (Fsp3) is 0.214. The van der Waals surface area contributed by atoms with Crippen molar-refractivity contribution in [2.75, 3.05) is 0 Å². The highest BCUT2D eigenvalue weighted by atomic mass is 16.5. The standard InChI is InChI=1S/C14H12O4/c1-8(18-9(2)15)12-7-13(16)10-5-3-4-6-11(10)14(12)17/h3-8H,1-2H3. The number of hydrogen-bond donors (Lipinski definition) is 0. The molecule has 0 saturated carbocycles. The lowest BCUT2D eigenvalue weighted by Gasteiger charge is -2.19. The van der Waals surface area contributed by atoms with Crippen LogP contribution in [0.3, 0.4) is 0 Å². The van der Waals surface area contributed by atoms with Crippen molar-refractivity contribution in [1.82, 2.24) is 0 Å². The van der Waals surface area contributed by atoms with Crippen molar-refractivity contribution in [2.24, 2.45) is 0 Å². The first-order chi connectivity index (χ1) is 8.50. The maximum absolute atomic E-state index is 12.2. The van der Waals surface area contributed by atoms with Gasteiger partial charge in [0, 0.05) is 23.6 Å². The predicted octanol–water partition coefficient (Wildman–Crippen LogP) is 1.94. The lowest BCUT2D eigenvalue weighted by Crippen LogP contribution is -2.26. The van der Waals surface area contributed by atoms with Crippen molar-refractivity contribution in [2.45, 2.75) is 20.0 Å². The highest BCUT2D eigenvalue weighted by Gasteiger charge is 2.29. The molecule has 0 N–H and O–H groups in total. The Labute approximate surface area is 104 Å². The van der Waals surface area contributed by atoms with Crippen LogP contribution in [0.15, 0.2) is 35.9 Å². The number of hydrogen-bond acceptors (Lipinski definition) is 4. The second kappa shape index (κ2) is 4.56. The van der Waals surface area contributed by atoms with Gasteiger partial charge in [0.05, 0.1) is 0 Å². The number of Topliss-reactive ketones (excluding diaryl/α,β-unsaturated/α-hetero) is 1. The van der Waals surface area contributed by atoms with E-state index in [1.807, 2.05) is 0 Å². The second-order valence-electron chi connectivity index (χ2n) is 4.09. The molecule has 0 amide bonds. The van der Waals surface area contributed by atoms with Crippen molar-refractivity contribution >= 4 is 17.5 Å². The van der Waals surface area contributed by atoms with Crippen molar-refractivity contribution in [3.63, 3.8) is 0 Å². The second-order valence-corrected chi connectivity index (χ2v) is 4.09. The van der Waals surface area contributed by atoms with E-state index in [0.717, 1.165) is 0 Å². The predicted molar refractivity (Wildman–Crippen MR) is 64.4 cm³/mol. The Kier molecular flexibility index (Phi) is 3.10. The summed E-state index contributed by atoms with van der Waals surface area (Å²) in [6.45, 7) is 2.84. The first kappa shape index (κ1) is 12.2. The fourth-order valence-electron chi connectivity index (χ4n) is 1.95. The molecule has 0 aromatic heterocycles. The van der Waals surface area contributed by atoms with Gasteiger partial charge in [-0.25, -0.2) is 0 Å². The number of rotatable bonds is 2. The average Bonchev–Trinajstić information content (AvgIpc) is 2.33. The number of esters is 1. The number of ketones is 2. The molecular weight excluding hydrogens is 232 g/mol. The highest BCUT2D eigenvalue weighted by molar-refractivity contribution is 6.24. The Bertz CT molecular complexity index is 569. The minimum Gasteiger partial charge on any atom is -0.458 e. The quantitative estimate of drug-likeness (QED) is 0.746. The number of carbonyl (C=O) groups is 3. The van der Waals surface area contributed by atoms with Crippen LogP contribution in [-0.2, 0) is 9.53 Å². The molecular formula is C14H12O4. The van der Waals surface area contributed by atoms with Gasteiger partial charge in [-0.2, -0.15) is 0 Å². The van der Waals surface area contributed by atoms with Crippen molar-refractivity contribution < 1.29 is 19.1 Å². The van der Waals surface area contributed by atoms with Crippen molar-refractivity contribution in [3.8, 4) is 0 Å². The Morgan fingerprint density at radius 2 is 1.78 bits per heavy atom. The van der Waals surface area contributed by atoms with Gasteiger partial charge in [-0.15, -0.1) is 0 Å². The van der Waals surface area contributed by atoms with Gasteiger partial charge in [0.15, 0.2) is 11.6 Å². The smallest absolute Gasteiger partial charge is 0.303 e. The molecule has 0 heterocycles. The van der Waals surface area contributed by atoms with Crippen LogP contribution in [0.5, 0.6) is 0 Å². The van der Waals surface area contributed by atoms with E-state index in [1.165, 1.54) is 13.0 Å². The van der Waals surface area contributed by atoms with E-state index in [-0.39, 0.29) is 17.1 Å². The first-order valence-corrected chi connectivity index (χ1v) is 5.57. The van der Waals surface area contributed by atoms with Gasteiger partial charge in [-0.1, -0.05) is 24.3 Å². The number of allylic oxidation sites excluding steroid dienone is 1. The third-order valence-corrected chi connectivity index (χ3v) is 2.77. The van der Waals surface area contributed by atoms with Crippen LogP contribution in [-0.4, -0.2) is 23.6 Å². The third-order valence-electron chi connectivity index (χ3n) is 2.77. The molecule has 92 valence electrons. The van der Waals surface area contributed by atoms with Gasteiger partial charge in [-0.3, -0.25) is 14.4 Å². The maximum atomic E-state index is 12.2. The molecule has 0 aliphatic heterocycles. The van der Waals surface area contributed by atoms with Crippen LogP contribution in [0.2, 0.25) is 0 Å². The molecule has 1 atom stereocenters. The Morgan fingerprint density at radius 3 is 2.39 bits per heavy atom. The molecule has 0 spiro atoms. The zero-order valence-electron chi connectivity index (χ0n) is 10.1. The van der Waals surface area contributed by atoms with Crippen LogP contribution in [0.4, 0.5) is 0 Å². The van der Waals surface area contributed by atoms with Crippen LogP contribution >= 0.6 is 0 Å². The Morgan fingerprint density at radius 1 is 1.17 bits per heavy atom. The fourth-order valence-corrected chi connectivity index (χ4v) is 1.95. The molecule has 1 aliphatic rings. The summed E-state index contributed by atoms with van der Waals surface area (Å²) in [6, 6.07) is 6.62.